The first-order valence-corrected chi connectivity index (χ1v) is 12.1. The van der Waals surface area contributed by atoms with Gasteiger partial charge in [-0.25, -0.2) is 0 Å². The number of rotatable bonds is 9. The van der Waals surface area contributed by atoms with E-state index in [4.69, 9.17) is 4.43 Å². The molecule has 0 radical (unpaired) electrons. The predicted octanol–water partition coefficient (Wildman–Crippen LogP) is 5.85. The van der Waals surface area contributed by atoms with Crippen LogP contribution in [0.5, 0.6) is 0 Å². The Morgan fingerprint density at radius 1 is 1.14 bits per heavy atom. The van der Waals surface area contributed by atoms with Crippen LogP contribution in [0.2, 0.25) is 11.6 Å². The van der Waals surface area contributed by atoms with Crippen molar-refractivity contribution in [3.8, 4) is 0 Å². The summed E-state index contributed by atoms with van der Waals surface area (Å²) in [7, 11) is -1.75. The van der Waals surface area contributed by atoms with Crippen molar-refractivity contribution >= 4 is 24.2 Å². The van der Waals surface area contributed by atoms with Crippen LogP contribution in [0.25, 0.3) is 0 Å². The van der Waals surface area contributed by atoms with Gasteiger partial charge in [-0.05, 0) is 30.0 Å². The van der Waals surface area contributed by atoms with Crippen molar-refractivity contribution in [2.45, 2.75) is 83.2 Å². The predicted molar refractivity (Wildman–Crippen MR) is 97.1 cm³/mol. The molecule has 1 atom stereocenters. The molecular formula is C18H32OSSi. The normalized spacial score (nSPS) is 19.5. The van der Waals surface area contributed by atoms with E-state index in [1.54, 1.807) is 4.50 Å². The summed E-state index contributed by atoms with van der Waals surface area (Å²) in [6.45, 7) is 5.40. The standard InChI is InChI=1S/C18H32OSSi/c1-3-5-6-10-16-21(19-4-2,18-14-11-15-20-18)17-12-8-7-9-13-17/h11,14-15,17H,3-10,12-13,16H2,1-2H3. The van der Waals surface area contributed by atoms with Gasteiger partial charge in [-0.3, -0.25) is 0 Å². The second kappa shape index (κ2) is 9.11. The van der Waals surface area contributed by atoms with E-state index >= 15 is 0 Å². The van der Waals surface area contributed by atoms with Crippen molar-refractivity contribution in [1.29, 1.82) is 0 Å². The molecule has 120 valence electrons. The van der Waals surface area contributed by atoms with E-state index < -0.39 is 8.32 Å². The molecule has 21 heavy (non-hydrogen) atoms. The Kier molecular flexibility index (Phi) is 7.48. The van der Waals surface area contributed by atoms with Crippen LogP contribution in [-0.2, 0) is 4.43 Å². The first-order chi connectivity index (χ1) is 10.3. The van der Waals surface area contributed by atoms with E-state index in [2.05, 4.69) is 31.4 Å². The van der Waals surface area contributed by atoms with Gasteiger partial charge in [0.2, 0.25) is 8.32 Å². The average molecular weight is 325 g/mol. The van der Waals surface area contributed by atoms with Crippen LogP contribution in [0, 0.1) is 0 Å². The first kappa shape index (κ1) is 17.2. The van der Waals surface area contributed by atoms with Crippen LogP contribution < -0.4 is 4.50 Å². The molecule has 1 unspecified atom stereocenters. The molecule has 0 bridgehead atoms. The Hall–Kier alpha value is -0.123. The van der Waals surface area contributed by atoms with E-state index in [1.807, 2.05) is 11.3 Å². The van der Waals surface area contributed by atoms with Crippen LogP contribution >= 0.6 is 11.3 Å². The molecule has 1 aromatic heterocycles. The zero-order chi connectivity index (χ0) is 15.0. The third kappa shape index (κ3) is 4.43. The van der Waals surface area contributed by atoms with E-state index in [0.29, 0.717) is 0 Å². The lowest BCUT2D eigenvalue weighted by Crippen LogP contribution is -2.54. The number of unbranched alkanes of at least 4 members (excludes halogenated alkanes) is 3. The molecule has 0 amide bonds. The van der Waals surface area contributed by atoms with Crippen LogP contribution in [0.1, 0.15) is 71.6 Å². The highest BCUT2D eigenvalue weighted by molar-refractivity contribution is 7.24. The van der Waals surface area contributed by atoms with Crippen molar-refractivity contribution in [1.82, 2.24) is 0 Å². The number of thiophene rings is 1. The molecule has 0 aliphatic heterocycles. The monoisotopic (exact) mass is 324 g/mol. The molecule has 1 saturated carbocycles. The van der Waals surface area contributed by atoms with Gasteiger partial charge in [0.25, 0.3) is 0 Å². The molecule has 1 aliphatic rings. The average Bonchev–Trinajstić information content (AvgIpc) is 3.06. The lowest BCUT2D eigenvalue weighted by atomic mass is 10.0. The molecule has 0 aromatic carbocycles. The van der Waals surface area contributed by atoms with Gasteiger partial charge in [-0.1, -0.05) is 70.8 Å². The van der Waals surface area contributed by atoms with Crippen molar-refractivity contribution < 1.29 is 4.43 Å². The molecule has 0 N–H and O–H groups in total. The molecule has 2 rings (SSSR count). The second-order valence-corrected chi connectivity index (χ2v) is 11.7. The van der Waals surface area contributed by atoms with E-state index in [1.165, 1.54) is 63.8 Å². The van der Waals surface area contributed by atoms with E-state index in [-0.39, 0.29) is 0 Å². The van der Waals surface area contributed by atoms with Gasteiger partial charge in [0.1, 0.15) is 0 Å². The fraction of sp³-hybridized carbons (Fsp3) is 0.778. The van der Waals surface area contributed by atoms with Crippen LogP contribution in [0.3, 0.4) is 0 Å². The second-order valence-electron chi connectivity index (χ2n) is 6.45. The smallest absolute Gasteiger partial charge is 0.236 e. The van der Waals surface area contributed by atoms with Crippen LogP contribution in [0.15, 0.2) is 17.5 Å². The van der Waals surface area contributed by atoms with E-state index in [9.17, 15) is 0 Å². The van der Waals surface area contributed by atoms with Crippen LogP contribution in [-0.4, -0.2) is 14.9 Å². The molecule has 1 aliphatic carbocycles. The lowest BCUT2D eigenvalue weighted by molar-refractivity contribution is 0.304. The summed E-state index contributed by atoms with van der Waals surface area (Å²) in [6.07, 6.45) is 12.6. The minimum absolute atomic E-state index is 0.867. The minimum atomic E-state index is -1.75. The zero-order valence-electron chi connectivity index (χ0n) is 13.9. The van der Waals surface area contributed by atoms with Crippen molar-refractivity contribution in [2.75, 3.05) is 6.61 Å². The summed E-state index contributed by atoms with van der Waals surface area (Å²) in [5.74, 6) is 0. The molecule has 1 nitrogen and oxygen atoms in total. The summed E-state index contributed by atoms with van der Waals surface area (Å²) in [6, 6.07) is 5.96. The first-order valence-electron chi connectivity index (χ1n) is 9.01. The Bertz CT molecular complexity index is 373. The molecule has 1 aromatic rings. The lowest BCUT2D eigenvalue weighted by Gasteiger charge is -2.40. The Labute approximate surface area is 136 Å². The van der Waals surface area contributed by atoms with Gasteiger partial charge < -0.3 is 4.43 Å². The SMILES string of the molecule is CCCCCC[Si](OCC)(c1cccs1)C1CCCCC1. The van der Waals surface area contributed by atoms with Crippen molar-refractivity contribution in [3.05, 3.63) is 17.5 Å². The third-order valence-electron chi connectivity index (χ3n) is 5.01. The molecular weight excluding hydrogens is 292 g/mol. The van der Waals surface area contributed by atoms with Gasteiger partial charge in [0.05, 0.1) is 0 Å². The van der Waals surface area contributed by atoms with Gasteiger partial charge in [-0.15, -0.1) is 0 Å². The maximum Gasteiger partial charge on any atom is 0.236 e. The molecule has 1 heterocycles. The molecule has 0 saturated heterocycles. The summed E-state index contributed by atoms with van der Waals surface area (Å²) in [5, 5.41) is 2.25. The highest BCUT2D eigenvalue weighted by Gasteiger charge is 2.45. The van der Waals surface area contributed by atoms with Crippen LogP contribution in [0.4, 0.5) is 0 Å². The quantitative estimate of drug-likeness (QED) is 0.409. The Balaban J connectivity index is 2.16. The van der Waals surface area contributed by atoms with Crippen molar-refractivity contribution in [2.24, 2.45) is 0 Å². The van der Waals surface area contributed by atoms with Gasteiger partial charge in [0.15, 0.2) is 0 Å². The largest absolute Gasteiger partial charge is 0.412 e. The summed E-state index contributed by atoms with van der Waals surface area (Å²) >= 11 is 1.96. The van der Waals surface area contributed by atoms with E-state index in [0.717, 1.165) is 12.1 Å². The number of hydrogen-bond donors (Lipinski definition) is 0. The summed E-state index contributed by atoms with van der Waals surface area (Å²) in [4.78, 5) is 0. The van der Waals surface area contributed by atoms with Gasteiger partial charge in [0, 0.05) is 11.1 Å². The van der Waals surface area contributed by atoms with Gasteiger partial charge >= 0.3 is 0 Å². The summed E-state index contributed by atoms with van der Waals surface area (Å²) in [5.41, 5.74) is 0.867. The molecule has 0 spiro atoms. The fourth-order valence-corrected chi connectivity index (χ4v) is 11.0. The minimum Gasteiger partial charge on any atom is -0.412 e. The summed E-state index contributed by atoms with van der Waals surface area (Å²) < 4.78 is 8.26. The maximum absolute atomic E-state index is 6.64. The maximum atomic E-state index is 6.64. The fourth-order valence-electron chi connectivity index (χ4n) is 3.95. The molecule has 3 heteroatoms. The number of hydrogen-bond acceptors (Lipinski definition) is 2. The molecule has 1 fully saturated rings. The Morgan fingerprint density at radius 2 is 1.95 bits per heavy atom. The van der Waals surface area contributed by atoms with Crippen molar-refractivity contribution in [3.63, 3.8) is 0 Å². The van der Waals surface area contributed by atoms with Gasteiger partial charge in [-0.2, -0.15) is 11.3 Å². The Morgan fingerprint density at radius 3 is 2.57 bits per heavy atom. The topological polar surface area (TPSA) is 9.23 Å². The highest BCUT2D eigenvalue weighted by atomic mass is 32.1. The zero-order valence-corrected chi connectivity index (χ0v) is 15.7. The highest BCUT2D eigenvalue weighted by Crippen LogP contribution is 2.41. The third-order valence-corrected chi connectivity index (χ3v) is 11.9.